The van der Waals surface area contributed by atoms with Gasteiger partial charge in [0.1, 0.15) is 23.2 Å². The topological polar surface area (TPSA) is 72.1 Å². The summed E-state index contributed by atoms with van der Waals surface area (Å²) in [7, 11) is 3.15. The van der Waals surface area contributed by atoms with Crippen molar-refractivity contribution in [3.05, 3.63) is 47.5 Å². The normalized spacial score (nSPS) is 11.1. The van der Waals surface area contributed by atoms with Gasteiger partial charge >= 0.3 is 0 Å². The molecule has 0 fully saturated rings. The Morgan fingerprint density at radius 3 is 2.58 bits per heavy atom. The van der Waals surface area contributed by atoms with E-state index in [4.69, 9.17) is 21.1 Å². The van der Waals surface area contributed by atoms with Crippen molar-refractivity contribution >= 4 is 45.0 Å². The Hall–Kier alpha value is -3.06. The van der Waals surface area contributed by atoms with Gasteiger partial charge in [-0.2, -0.15) is 0 Å². The molecule has 0 bridgehead atoms. The summed E-state index contributed by atoms with van der Waals surface area (Å²) in [6.07, 6.45) is 1.42. The van der Waals surface area contributed by atoms with E-state index >= 15 is 0 Å². The van der Waals surface area contributed by atoms with Crippen molar-refractivity contribution in [1.82, 2.24) is 15.0 Å². The van der Waals surface area contributed by atoms with E-state index in [-0.39, 0.29) is 5.69 Å². The molecule has 0 atom stereocenters. The number of nitrogens with zero attached hydrogens (tertiary/aromatic N) is 2. The minimum Gasteiger partial charge on any atom is -0.493 e. The third-order valence-electron chi connectivity index (χ3n) is 4.07. The van der Waals surface area contributed by atoms with Crippen LogP contribution in [0.15, 0.2) is 36.7 Å². The number of methoxy groups -OCH3 is 2. The number of aromatic nitrogens is 3. The first-order valence-electron chi connectivity index (χ1n) is 7.71. The lowest BCUT2D eigenvalue weighted by Gasteiger charge is -2.07. The number of H-pyrrole nitrogens is 1. The number of anilines is 2. The molecule has 2 aromatic heterocycles. The van der Waals surface area contributed by atoms with Crippen molar-refractivity contribution in [2.75, 3.05) is 19.5 Å². The Kier molecular flexibility index (Phi) is 4.00. The minimum atomic E-state index is -0.469. The second-order valence-electron chi connectivity index (χ2n) is 5.57. The van der Waals surface area contributed by atoms with Gasteiger partial charge in [-0.1, -0.05) is 11.6 Å². The van der Waals surface area contributed by atoms with Crippen LogP contribution in [0.3, 0.4) is 0 Å². The first kappa shape index (κ1) is 16.4. The van der Waals surface area contributed by atoms with Crippen molar-refractivity contribution in [2.45, 2.75) is 0 Å². The molecule has 6 nitrogen and oxygen atoms in total. The summed E-state index contributed by atoms with van der Waals surface area (Å²) >= 11 is 5.80. The summed E-state index contributed by atoms with van der Waals surface area (Å²) in [5, 5.41) is 4.15. The van der Waals surface area contributed by atoms with Crippen LogP contribution in [0.25, 0.3) is 21.9 Å². The van der Waals surface area contributed by atoms with Crippen molar-refractivity contribution in [2.24, 2.45) is 0 Å². The molecule has 2 aromatic carbocycles. The first-order valence-corrected chi connectivity index (χ1v) is 8.09. The molecule has 0 saturated carbocycles. The number of benzene rings is 2. The molecule has 2 heterocycles. The summed E-state index contributed by atoms with van der Waals surface area (Å²) in [6.45, 7) is 0. The number of ether oxygens (including phenoxy) is 2. The maximum absolute atomic E-state index is 14.1. The quantitative estimate of drug-likeness (QED) is 0.545. The fourth-order valence-corrected chi connectivity index (χ4v) is 2.99. The van der Waals surface area contributed by atoms with E-state index < -0.39 is 5.82 Å². The molecule has 0 aliphatic heterocycles. The average Bonchev–Trinajstić information content (AvgIpc) is 3.01. The fourth-order valence-electron chi connectivity index (χ4n) is 2.83. The van der Waals surface area contributed by atoms with E-state index in [1.54, 1.807) is 26.4 Å². The number of aromatic amines is 1. The van der Waals surface area contributed by atoms with Crippen LogP contribution >= 0.6 is 11.6 Å². The molecule has 132 valence electrons. The Balaban J connectivity index is 1.88. The second-order valence-corrected chi connectivity index (χ2v) is 6.01. The molecule has 0 unspecified atom stereocenters. The summed E-state index contributed by atoms with van der Waals surface area (Å²) < 4.78 is 24.8. The van der Waals surface area contributed by atoms with E-state index in [0.29, 0.717) is 33.4 Å². The van der Waals surface area contributed by atoms with E-state index in [1.165, 1.54) is 12.4 Å². The van der Waals surface area contributed by atoms with Crippen molar-refractivity contribution in [3.63, 3.8) is 0 Å². The van der Waals surface area contributed by atoms with E-state index in [1.807, 2.05) is 12.1 Å². The molecule has 0 saturated heterocycles. The number of halogens is 2. The Morgan fingerprint density at radius 2 is 1.85 bits per heavy atom. The van der Waals surface area contributed by atoms with Gasteiger partial charge in [0.25, 0.3) is 0 Å². The third-order valence-corrected chi connectivity index (χ3v) is 4.31. The van der Waals surface area contributed by atoms with Gasteiger partial charge in [0.2, 0.25) is 0 Å². The van der Waals surface area contributed by atoms with Gasteiger partial charge in [0.15, 0.2) is 17.3 Å². The number of fused-ring (bicyclic) bond motifs is 3. The van der Waals surface area contributed by atoms with Crippen LogP contribution < -0.4 is 14.8 Å². The molecule has 26 heavy (non-hydrogen) atoms. The van der Waals surface area contributed by atoms with E-state index in [9.17, 15) is 4.39 Å². The fraction of sp³-hybridized carbons (Fsp3) is 0.111. The Bertz CT molecular complexity index is 1130. The van der Waals surface area contributed by atoms with E-state index in [2.05, 4.69) is 20.3 Å². The van der Waals surface area contributed by atoms with Crippen LogP contribution in [0, 0.1) is 5.82 Å². The SMILES string of the molecule is COc1cc2[nH]c3c(Nc4ccc(Cl)cc4F)ncnc3c2cc1OC. The van der Waals surface area contributed by atoms with E-state index in [0.717, 1.165) is 10.9 Å². The largest absolute Gasteiger partial charge is 0.493 e. The van der Waals surface area contributed by atoms with Crippen molar-refractivity contribution in [3.8, 4) is 11.5 Å². The predicted molar refractivity (Wildman–Crippen MR) is 99.2 cm³/mol. The van der Waals surface area contributed by atoms with Gasteiger partial charge in [-0.15, -0.1) is 0 Å². The average molecular weight is 373 g/mol. The molecular formula is C18H14ClFN4O2. The molecule has 8 heteroatoms. The van der Waals surface area contributed by atoms with Crippen LogP contribution in [0.5, 0.6) is 11.5 Å². The molecule has 0 radical (unpaired) electrons. The van der Waals surface area contributed by atoms with Gasteiger partial charge in [-0.3, -0.25) is 0 Å². The molecule has 2 N–H and O–H groups in total. The second kappa shape index (κ2) is 6.34. The first-order chi connectivity index (χ1) is 12.6. The minimum absolute atomic E-state index is 0.267. The van der Waals surface area contributed by atoms with Crippen molar-refractivity contribution in [1.29, 1.82) is 0 Å². The maximum Gasteiger partial charge on any atom is 0.162 e. The lowest BCUT2D eigenvalue weighted by molar-refractivity contribution is 0.356. The van der Waals surface area contributed by atoms with Crippen molar-refractivity contribution < 1.29 is 13.9 Å². The standard InChI is InChI=1S/C18H14ClFN4O2/c1-25-14-6-10-13(7-15(14)26-2)23-17-16(10)21-8-22-18(17)24-12-4-3-9(19)5-11(12)20/h3-8,23H,1-2H3,(H,21,22,24). The lowest BCUT2D eigenvalue weighted by atomic mass is 10.2. The lowest BCUT2D eigenvalue weighted by Crippen LogP contribution is -1.97. The predicted octanol–water partition coefficient (Wildman–Crippen LogP) is 4.66. The summed E-state index contributed by atoms with van der Waals surface area (Å²) in [4.78, 5) is 11.8. The number of nitrogens with one attached hydrogen (secondary N) is 2. The molecule has 0 aliphatic carbocycles. The molecule has 0 amide bonds. The molecule has 0 aliphatic rings. The molecule has 0 spiro atoms. The molecular weight excluding hydrogens is 359 g/mol. The van der Waals surface area contributed by atoms with Crippen LogP contribution in [-0.2, 0) is 0 Å². The van der Waals surface area contributed by atoms with Crippen LogP contribution in [0.4, 0.5) is 15.9 Å². The molecule has 4 aromatic rings. The van der Waals surface area contributed by atoms with Gasteiger partial charge in [0.05, 0.1) is 25.4 Å². The Morgan fingerprint density at radius 1 is 1.08 bits per heavy atom. The number of hydrogen-bond acceptors (Lipinski definition) is 5. The summed E-state index contributed by atoms with van der Waals surface area (Å²) in [5.41, 5.74) is 2.40. The summed E-state index contributed by atoms with van der Waals surface area (Å²) in [5.74, 6) is 1.17. The zero-order valence-electron chi connectivity index (χ0n) is 13.9. The highest BCUT2D eigenvalue weighted by Gasteiger charge is 2.15. The Labute approximate surface area is 152 Å². The third kappa shape index (κ3) is 2.66. The van der Waals surface area contributed by atoms with Crippen LogP contribution in [-0.4, -0.2) is 29.2 Å². The number of hydrogen-bond donors (Lipinski definition) is 2. The highest BCUT2D eigenvalue weighted by atomic mass is 35.5. The summed E-state index contributed by atoms with van der Waals surface area (Å²) in [6, 6.07) is 8.06. The van der Waals surface area contributed by atoms with Gasteiger partial charge < -0.3 is 19.8 Å². The number of rotatable bonds is 4. The zero-order valence-corrected chi connectivity index (χ0v) is 14.7. The van der Waals surface area contributed by atoms with Gasteiger partial charge in [-0.05, 0) is 24.3 Å². The zero-order chi connectivity index (χ0) is 18.3. The van der Waals surface area contributed by atoms with Crippen LogP contribution in [0.2, 0.25) is 5.02 Å². The van der Waals surface area contributed by atoms with Crippen LogP contribution in [0.1, 0.15) is 0 Å². The highest BCUT2D eigenvalue weighted by molar-refractivity contribution is 6.30. The smallest absolute Gasteiger partial charge is 0.162 e. The monoisotopic (exact) mass is 372 g/mol. The van der Waals surface area contributed by atoms with Gasteiger partial charge in [-0.25, -0.2) is 14.4 Å². The maximum atomic E-state index is 14.1. The highest BCUT2D eigenvalue weighted by Crippen LogP contribution is 2.36. The molecule has 4 rings (SSSR count). The van der Waals surface area contributed by atoms with Gasteiger partial charge in [0, 0.05) is 16.5 Å².